The third-order valence-electron chi connectivity index (χ3n) is 4.75. The second kappa shape index (κ2) is 5.41. The van der Waals surface area contributed by atoms with Crippen molar-refractivity contribution in [1.82, 2.24) is 9.80 Å². The summed E-state index contributed by atoms with van der Waals surface area (Å²) in [4.78, 5) is 4.63. The number of halogens is 2. The lowest BCUT2D eigenvalue weighted by Gasteiger charge is -2.36. The average molecular weight is 280 g/mol. The van der Waals surface area contributed by atoms with E-state index in [-0.39, 0.29) is 11.4 Å². The summed E-state index contributed by atoms with van der Waals surface area (Å²) >= 11 is 0. The topological polar surface area (TPSA) is 6.48 Å². The number of rotatable bonds is 2. The molecule has 0 saturated carbocycles. The maximum Gasteiger partial charge on any atom is 0.133 e. The highest BCUT2D eigenvalue weighted by molar-refractivity contribution is 5.26. The van der Waals surface area contributed by atoms with Crippen LogP contribution in [0.3, 0.4) is 0 Å². The van der Waals surface area contributed by atoms with Gasteiger partial charge in [-0.25, -0.2) is 8.78 Å². The first-order valence-corrected chi connectivity index (χ1v) is 7.40. The number of hydrogen-bond acceptors (Lipinski definition) is 2. The van der Waals surface area contributed by atoms with Crippen molar-refractivity contribution in [2.75, 3.05) is 26.7 Å². The van der Waals surface area contributed by atoms with Crippen LogP contribution in [0.1, 0.15) is 24.0 Å². The van der Waals surface area contributed by atoms with Crippen LogP contribution in [-0.2, 0) is 6.54 Å². The van der Waals surface area contributed by atoms with E-state index in [4.69, 9.17) is 0 Å². The van der Waals surface area contributed by atoms with E-state index < -0.39 is 5.82 Å². The van der Waals surface area contributed by atoms with Crippen molar-refractivity contribution < 1.29 is 8.78 Å². The highest BCUT2D eigenvalue weighted by Crippen LogP contribution is 2.29. The molecular weight excluding hydrogens is 258 g/mol. The predicted octanol–water partition coefficient (Wildman–Crippen LogP) is 2.80. The van der Waals surface area contributed by atoms with Crippen LogP contribution in [0.2, 0.25) is 0 Å². The Bertz CT molecular complexity index is 503. The molecule has 3 saturated heterocycles. The Morgan fingerprint density at radius 3 is 2.75 bits per heavy atom. The Morgan fingerprint density at radius 1 is 1.15 bits per heavy atom. The Hall–Kier alpha value is -1.00. The molecule has 110 valence electrons. The van der Waals surface area contributed by atoms with E-state index in [1.54, 1.807) is 6.92 Å². The summed E-state index contributed by atoms with van der Waals surface area (Å²) in [6.07, 6.45) is 2.38. The number of likely N-dealkylation sites (N-methyl/N-ethyl adjacent to an activating group) is 1. The third kappa shape index (κ3) is 2.59. The zero-order chi connectivity index (χ0) is 14.3. The van der Waals surface area contributed by atoms with Crippen LogP contribution in [0.4, 0.5) is 8.78 Å². The first-order chi connectivity index (χ1) is 9.54. The molecule has 1 aromatic carbocycles. The van der Waals surface area contributed by atoms with Crippen molar-refractivity contribution in [3.8, 4) is 0 Å². The zero-order valence-corrected chi connectivity index (χ0v) is 12.2. The van der Waals surface area contributed by atoms with E-state index in [1.807, 2.05) is 0 Å². The largest absolute Gasteiger partial charge is 0.304 e. The molecule has 20 heavy (non-hydrogen) atoms. The molecule has 0 amide bonds. The molecule has 2 bridgehead atoms. The maximum absolute atomic E-state index is 14.2. The second-order valence-corrected chi connectivity index (χ2v) is 6.40. The van der Waals surface area contributed by atoms with Crippen LogP contribution in [0, 0.1) is 24.5 Å². The van der Waals surface area contributed by atoms with Crippen molar-refractivity contribution in [3.05, 3.63) is 34.9 Å². The van der Waals surface area contributed by atoms with Crippen molar-refractivity contribution >= 4 is 0 Å². The summed E-state index contributed by atoms with van der Waals surface area (Å²) in [5, 5.41) is 0. The van der Waals surface area contributed by atoms with Gasteiger partial charge >= 0.3 is 0 Å². The standard InChI is InChI=1S/C16H22F2N2/c1-11-3-6-15(17)14(16(11)18)10-20-8-12-4-5-13(20)9-19(2)7-12/h3,6,12-13H,4-5,7-10H2,1-2H3/t12-,13+/m1/s1. The SMILES string of the molecule is Cc1ccc(F)c(CN2C[C@@H]3CC[C@H]2CN(C)C3)c1F. The molecule has 0 spiro atoms. The summed E-state index contributed by atoms with van der Waals surface area (Å²) in [5.74, 6) is -0.158. The normalized spacial score (nSPS) is 27.8. The molecule has 0 radical (unpaired) electrons. The lowest BCUT2D eigenvalue weighted by atomic mass is 9.94. The summed E-state index contributed by atoms with van der Waals surface area (Å²) in [6.45, 7) is 5.16. The number of aryl methyl sites for hydroxylation is 1. The minimum Gasteiger partial charge on any atom is -0.304 e. The molecule has 3 fully saturated rings. The first-order valence-electron chi connectivity index (χ1n) is 7.40. The zero-order valence-electron chi connectivity index (χ0n) is 12.2. The molecule has 1 aromatic rings. The van der Waals surface area contributed by atoms with Gasteiger partial charge in [0.1, 0.15) is 11.6 Å². The van der Waals surface area contributed by atoms with Gasteiger partial charge in [-0.2, -0.15) is 0 Å². The van der Waals surface area contributed by atoms with Gasteiger partial charge in [0.25, 0.3) is 0 Å². The van der Waals surface area contributed by atoms with Crippen LogP contribution in [0.5, 0.6) is 0 Å². The van der Waals surface area contributed by atoms with E-state index in [0.29, 0.717) is 24.1 Å². The van der Waals surface area contributed by atoms with Crippen molar-refractivity contribution in [1.29, 1.82) is 0 Å². The van der Waals surface area contributed by atoms with Gasteiger partial charge < -0.3 is 4.90 Å². The Balaban J connectivity index is 1.83. The Labute approximate surface area is 119 Å². The molecule has 4 rings (SSSR count). The number of piperidine rings is 1. The van der Waals surface area contributed by atoms with Gasteiger partial charge in [-0.05, 0) is 44.4 Å². The summed E-state index contributed by atoms with van der Waals surface area (Å²) in [6, 6.07) is 3.32. The smallest absolute Gasteiger partial charge is 0.133 e. The predicted molar refractivity (Wildman–Crippen MR) is 75.5 cm³/mol. The fourth-order valence-corrected chi connectivity index (χ4v) is 3.67. The van der Waals surface area contributed by atoms with Crippen LogP contribution in [-0.4, -0.2) is 42.5 Å². The van der Waals surface area contributed by atoms with Crippen LogP contribution < -0.4 is 0 Å². The fourth-order valence-electron chi connectivity index (χ4n) is 3.67. The molecule has 3 heterocycles. The minimum absolute atomic E-state index is 0.236. The molecule has 0 unspecified atom stereocenters. The monoisotopic (exact) mass is 280 g/mol. The van der Waals surface area contributed by atoms with Gasteiger partial charge in [-0.3, -0.25) is 4.90 Å². The average Bonchev–Trinajstić information content (AvgIpc) is 2.68. The Kier molecular flexibility index (Phi) is 3.78. The number of fused-ring (bicyclic) bond motifs is 4. The molecule has 0 aliphatic carbocycles. The van der Waals surface area contributed by atoms with Crippen molar-refractivity contribution in [2.45, 2.75) is 32.4 Å². The number of hydrogen-bond donors (Lipinski definition) is 0. The lowest BCUT2D eigenvalue weighted by molar-refractivity contribution is 0.121. The molecule has 0 N–H and O–H groups in total. The van der Waals surface area contributed by atoms with Gasteiger partial charge in [-0.1, -0.05) is 6.07 Å². The van der Waals surface area contributed by atoms with Gasteiger partial charge in [-0.15, -0.1) is 0 Å². The quantitative estimate of drug-likeness (QED) is 0.822. The third-order valence-corrected chi connectivity index (χ3v) is 4.75. The van der Waals surface area contributed by atoms with Crippen LogP contribution in [0.15, 0.2) is 12.1 Å². The van der Waals surface area contributed by atoms with E-state index in [0.717, 1.165) is 26.1 Å². The summed E-state index contributed by atoms with van der Waals surface area (Å²) in [7, 11) is 2.14. The van der Waals surface area contributed by atoms with Gasteiger partial charge in [0.05, 0.1) is 0 Å². The molecule has 2 nitrogen and oxygen atoms in total. The van der Waals surface area contributed by atoms with E-state index in [2.05, 4.69) is 16.8 Å². The summed E-state index contributed by atoms with van der Waals surface area (Å²) in [5.41, 5.74) is 0.763. The minimum atomic E-state index is -0.415. The van der Waals surface area contributed by atoms with E-state index >= 15 is 0 Å². The van der Waals surface area contributed by atoms with E-state index in [9.17, 15) is 8.78 Å². The molecule has 0 aromatic heterocycles. The Morgan fingerprint density at radius 2 is 1.95 bits per heavy atom. The van der Waals surface area contributed by atoms with Crippen molar-refractivity contribution in [2.24, 2.45) is 5.92 Å². The molecule has 3 aliphatic heterocycles. The summed E-state index contributed by atoms with van der Waals surface area (Å²) < 4.78 is 28.1. The molecule has 4 heteroatoms. The molecule has 2 atom stereocenters. The fraction of sp³-hybridized carbons (Fsp3) is 0.625. The van der Waals surface area contributed by atoms with Gasteiger partial charge in [0.15, 0.2) is 0 Å². The van der Waals surface area contributed by atoms with E-state index in [1.165, 1.54) is 18.6 Å². The number of benzene rings is 1. The molecular formula is C16H22F2N2. The number of nitrogens with zero attached hydrogens (tertiary/aromatic N) is 2. The van der Waals surface area contributed by atoms with Gasteiger partial charge in [0, 0.05) is 37.8 Å². The maximum atomic E-state index is 14.2. The second-order valence-electron chi connectivity index (χ2n) is 6.40. The van der Waals surface area contributed by atoms with Crippen LogP contribution >= 0.6 is 0 Å². The molecule has 3 aliphatic rings. The van der Waals surface area contributed by atoms with Crippen molar-refractivity contribution in [3.63, 3.8) is 0 Å². The highest BCUT2D eigenvalue weighted by Gasteiger charge is 2.34. The van der Waals surface area contributed by atoms with Crippen LogP contribution in [0.25, 0.3) is 0 Å². The first kappa shape index (κ1) is 14.0. The van der Waals surface area contributed by atoms with Gasteiger partial charge in [0.2, 0.25) is 0 Å². The highest BCUT2D eigenvalue weighted by atomic mass is 19.1. The lowest BCUT2D eigenvalue weighted by Crippen LogP contribution is -2.43.